The van der Waals surface area contributed by atoms with E-state index < -0.39 is 0 Å². The summed E-state index contributed by atoms with van der Waals surface area (Å²) in [5.74, 6) is 0.407. The van der Waals surface area contributed by atoms with Crippen molar-refractivity contribution in [3.63, 3.8) is 0 Å². The summed E-state index contributed by atoms with van der Waals surface area (Å²) in [7, 11) is 1.64. The second-order valence-electron chi connectivity index (χ2n) is 6.81. The van der Waals surface area contributed by atoms with Crippen molar-refractivity contribution in [2.75, 3.05) is 32.1 Å². The smallest absolute Gasteiger partial charge is 0.227 e. The van der Waals surface area contributed by atoms with Gasteiger partial charge in [-0.05, 0) is 30.4 Å². The third-order valence-electron chi connectivity index (χ3n) is 4.32. The van der Waals surface area contributed by atoms with Gasteiger partial charge in [-0.15, -0.1) is 0 Å². The topological polar surface area (TPSA) is 58.6 Å². The van der Waals surface area contributed by atoms with Crippen molar-refractivity contribution in [2.24, 2.45) is 11.8 Å². The first kappa shape index (κ1) is 18.5. The standard InChI is InChI=1S/C19H28N2O3/c1-14(2)13-21(10-11-24-3)18(22)9-8-16-12-15-6-4-5-7-17(15)20-19(16)23/h4-7,14,16H,8-13H2,1-3H3,(H,20,23). The molecular formula is C19H28N2O3. The maximum Gasteiger partial charge on any atom is 0.227 e. The van der Waals surface area contributed by atoms with Crippen molar-refractivity contribution < 1.29 is 14.3 Å². The fraction of sp³-hybridized carbons (Fsp3) is 0.579. The number of ether oxygens (including phenoxy) is 1. The largest absolute Gasteiger partial charge is 0.383 e. The Morgan fingerprint density at radius 2 is 2.12 bits per heavy atom. The third-order valence-corrected chi connectivity index (χ3v) is 4.32. The van der Waals surface area contributed by atoms with Gasteiger partial charge in [-0.25, -0.2) is 0 Å². The Morgan fingerprint density at radius 1 is 1.38 bits per heavy atom. The predicted molar refractivity (Wildman–Crippen MR) is 94.8 cm³/mol. The van der Waals surface area contributed by atoms with Crippen LogP contribution >= 0.6 is 0 Å². The Kier molecular flexibility index (Phi) is 6.79. The van der Waals surface area contributed by atoms with Gasteiger partial charge in [0.2, 0.25) is 11.8 Å². The second kappa shape index (κ2) is 8.83. The molecule has 0 bridgehead atoms. The van der Waals surface area contributed by atoms with Crippen molar-refractivity contribution in [1.82, 2.24) is 4.90 Å². The minimum atomic E-state index is -0.132. The van der Waals surface area contributed by atoms with Gasteiger partial charge in [-0.3, -0.25) is 9.59 Å². The Labute approximate surface area is 144 Å². The molecule has 2 rings (SSSR count). The summed E-state index contributed by atoms with van der Waals surface area (Å²) >= 11 is 0. The summed E-state index contributed by atoms with van der Waals surface area (Å²) < 4.78 is 5.10. The zero-order valence-electron chi connectivity index (χ0n) is 14.9. The summed E-state index contributed by atoms with van der Waals surface area (Å²) in [6, 6.07) is 7.85. The van der Waals surface area contributed by atoms with Gasteiger partial charge in [0.1, 0.15) is 0 Å². The lowest BCUT2D eigenvalue weighted by Crippen LogP contribution is -2.37. The highest BCUT2D eigenvalue weighted by molar-refractivity contribution is 5.96. The number of carbonyl (C=O) groups is 2. The molecule has 0 spiro atoms. The van der Waals surface area contributed by atoms with Crippen LogP contribution in [0.5, 0.6) is 0 Å². The lowest BCUT2D eigenvalue weighted by atomic mass is 9.89. The summed E-state index contributed by atoms with van der Waals surface area (Å²) in [4.78, 5) is 26.6. The number of methoxy groups -OCH3 is 1. The number of para-hydroxylation sites is 1. The van der Waals surface area contributed by atoms with Crippen LogP contribution in [0.4, 0.5) is 5.69 Å². The number of nitrogens with zero attached hydrogens (tertiary/aromatic N) is 1. The van der Waals surface area contributed by atoms with Crippen LogP contribution in [-0.2, 0) is 20.7 Å². The molecule has 1 unspecified atom stereocenters. The molecule has 0 saturated carbocycles. The molecule has 1 aromatic carbocycles. The van der Waals surface area contributed by atoms with Gasteiger partial charge >= 0.3 is 0 Å². The van der Waals surface area contributed by atoms with Gasteiger partial charge in [-0.1, -0.05) is 32.0 Å². The van der Waals surface area contributed by atoms with Crippen molar-refractivity contribution >= 4 is 17.5 Å². The minimum absolute atomic E-state index is 0.0220. The van der Waals surface area contributed by atoms with Crippen molar-refractivity contribution in [3.05, 3.63) is 29.8 Å². The molecule has 0 saturated heterocycles. The molecule has 2 amide bonds. The number of hydrogen-bond acceptors (Lipinski definition) is 3. The van der Waals surface area contributed by atoms with Crippen molar-refractivity contribution in [2.45, 2.75) is 33.1 Å². The summed E-state index contributed by atoms with van der Waals surface area (Å²) in [5.41, 5.74) is 2.04. The van der Waals surface area contributed by atoms with Crippen LogP contribution in [0.3, 0.4) is 0 Å². The first-order chi connectivity index (χ1) is 11.5. The van der Waals surface area contributed by atoms with Crippen LogP contribution in [-0.4, -0.2) is 43.5 Å². The van der Waals surface area contributed by atoms with E-state index >= 15 is 0 Å². The zero-order valence-corrected chi connectivity index (χ0v) is 14.9. The molecule has 0 aliphatic carbocycles. The molecule has 0 fully saturated rings. The average Bonchev–Trinajstić information content (AvgIpc) is 2.56. The molecule has 0 radical (unpaired) electrons. The molecule has 24 heavy (non-hydrogen) atoms. The molecule has 5 nitrogen and oxygen atoms in total. The van der Waals surface area contributed by atoms with E-state index in [2.05, 4.69) is 19.2 Å². The maximum atomic E-state index is 12.5. The Morgan fingerprint density at radius 3 is 2.83 bits per heavy atom. The monoisotopic (exact) mass is 332 g/mol. The van der Waals surface area contributed by atoms with Crippen LogP contribution in [0.1, 0.15) is 32.3 Å². The van der Waals surface area contributed by atoms with Gasteiger partial charge in [0.15, 0.2) is 0 Å². The van der Waals surface area contributed by atoms with E-state index in [1.807, 2.05) is 29.2 Å². The molecule has 0 aromatic heterocycles. The number of hydrogen-bond donors (Lipinski definition) is 1. The van der Waals surface area contributed by atoms with E-state index in [1.54, 1.807) is 7.11 Å². The molecule has 1 aromatic rings. The fourth-order valence-electron chi connectivity index (χ4n) is 3.06. The number of amides is 2. The first-order valence-electron chi connectivity index (χ1n) is 8.66. The number of rotatable bonds is 8. The van der Waals surface area contributed by atoms with E-state index in [0.29, 0.717) is 38.3 Å². The Bertz CT molecular complexity index is 571. The predicted octanol–water partition coefficient (Wildman–Crippen LogP) is 2.71. The molecule has 1 N–H and O–H groups in total. The number of anilines is 1. The Hall–Kier alpha value is -1.88. The quantitative estimate of drug-likeness (QED) is 0.796. The van der Waals surface area contributed by atoms with E-state index in [1.165, 1.54) is 0 Å². The van der Waals surface area contributed by atoms with Crippen LogP contribution in [0.25, 0.3) is 0 Å². The molecule has 5 heteroatoms. The highest BCUT2D eigenvalue weighted by Gasteiger charge is 2.27. The molecule has 1 aliphatic rings. The van der Waals surface area contributed by atoms with Gasteiger partial charge in [0, 0.05) is 38.2 Å². The first-order valence-corrected chi connectivity index (χ1v) is 8.66. The molecule has 1 heterocycles. The number of carbonyl (C=O) groups excluding carboxylic acids is 2. The summed E-state index contributed by atoms with van der Waals surface area (Å²) in [5, 5.41) is 2.95. The van der Waals surface area contributed by atoms with E-state index in [9.17, 15) is 9.59 Å². The number of benzene rings is 1. The SMILES string of the molecule is COCCN(CC(C)C)C(=O)CCC1Cc2ccccc2NC1=O. The van der Waals surface area contributed by atoms with Crippen LogP contribution in [0.15, 0.2) is 24.3 Å². The highest BCUT2D eigenvalue weighted by Crippen LogP contribution is 2.27. The number of nitrogens with one attached hydrogen (secondary N) is 1. The third kappa shape index (κ3) is 5.06. The lowest BCUT2D eigenvalue weighted by Gasteiger charge is -2.27. The molecular weight excluding hydrogens is 304 g/mol. The second-order valence-corrected chi connectivity index (χ2v) is 6.81. The van der Waals surface area contributed by atoms with Gasteiger partial charge in [0.25, 0.3) is 0 Å². The fourth-order valence-corrected chi connectivity index (χ4v) is 3.06. The van der Waals surface area contributed by atoms with Crippen LogP contribution in [0.2, 0.25) is 0 Å². The van der Waals surface area contributed by atoms with Gasteiger partial charge in [0.05, 0.1) is 6.61 Å². The van der Waals surface area contributed by atoms with E-state index in [-0.39, 0.29) is 17.7 Å². The van der Waals surface area contributed by atoms with Crippen molar-refractivity contribution in [1.29, 1.82) is 0 Å². The van der Waals surface area contributed by atoms with Gasteiger partial charge in [-0.2, -0.15) is 0 Å². The van der Waals surface area contributed by atoms with Gasteiger partial charge < -0.3 is 15.0 Å². The summed E-state index contributed by atoms with van der Waals surface area (Å²) in [6.45, 7) is 6.06. The molecule has 132 valence electrons. The van der Waals surface area contributed by atoms with Crippen LogP contribution in [0, 0.1) is 11.8 Å². The summed E-state index contributed by atoms with van der Waals surface area (Å²) in [6.07, 6.45) is 1.69. The average molecular weight is 332 g/mol. The molecule has 1 aliphatic heterocycles. The van der Waals surface area contributed by atoms with E-state index in [4.69, 9.17) is 4.74 Å². The molecule has 1 atom stereocenters. The van der Waals surface area contributed by atoms with Crippen LogP contribution < -0.4 is 5.32 Å². The van der Waals surface area contributed by atoms with Crippen molar-refractivity contribution in [3.8, 4) is 0 Å². The highest BCUT2D eigenvalue weighted by atomic mass is 16.5. The minimum Gasteiger partial charge on any atom is -0.383 e. The lowest BCUT2D eigenvalue weighted by molar-refractivity contribution is -0.133. The Balaban J connectivity index is 1.91. The van der Waals surface area contributed by atoms with E-state index in [0.717, 1.165) is 17.8 Å². The normalized spacial score (nSPS) is 16.7. The zero-order chi connectivity index (χ0) is 17.5. The number of fused-ring (bicyclic) bond motifs is 1. The maximum absolute atomic E-state index is 12.5.